The summed E-state index contributed by atoms with van der Waals surface area (Å²) >= 11 is 1.75. The maximum Gasteiger partial charge on any atom is 0.223 e. The lowest BCUT2D eigenvalue weighted by molar-refractivity contribution is -0.131. The van der Waals surface area contributed by atoms with Gasteiger partial charge in [-0.05, 0) is 39.2 Å². The fourth-order valence-electron chi connectivity index (χ4n) is 3.93. The van der Waals surface area contributed by atoms with Gasteiger partial charge in [-0.15, -0.1) is 11.3 Å². The molecule has 0 aliphatic carbocycles. The van der Waals surface area contributed by atoms with Crippen LogP contribution in [-0.2, 0) is 11.3 Å². The Kier molecular flexibility index (Phi) is 4.78. The molecule has 2 aliphatic heterocycles. The molecule has 2 saturated heterocycles. The van der Waals surface area contributed by atoms with Crippen molar-refractivity contribution in [1.82, 2.24) is 14.8 Å². The van der Waals surface area contributed by atoms with Crippen LogP contribution in [0.3, 0.4) is 0 Å². The third-order valence-electron chi connectivity index (χ3n) is 5.04. The molecular weight excluding hydrogens is 301 g/mol. The molecule has 0 unspecified atom stereocenters. The number of rotatable bonds is 4. The third kappa shape index (κ3) is 3.18. The highest BCUT2D eigenvalue weighted by Crippen LogP contribution is 2.39. The normalized spacial score (nSPS) is 26.8. The predicted molar refractivity (Wildman–Crippen MR) is 85.6 cm³/mol. The maximum absolute atomic E-state index is 12.8. The summed E-state index contributed by atoms with van der Waals surface area (Å²) in [5.74, 6) is 0.143. The van der Waals surface area contributed by atoms with Crippen molar-refractivity contribution in [3.8, 4) is 0 Å². The van der Waals surface area contributed by atoms with Crippen LogP contribution < -0.4 is 0 Å². The van der Waals surface area contributed by atoms with E-state index >= 15 is 0 Å². The molecule has 0 aromatic carbocycles. The molecule has 1 amide bonds. The van der Waals surface area contributed by atoms with Crippen molar-refractivity contribution in [2.24, 2.45) is 0 Å². The van der Waals surface area contributed by atoms with Crippen molar-refractivity contribution in [3.63, 3.8) is 0 Å². The van der Waals surface area contributed by atoms with Gasteiger partial charge in [0.15, 0.2) is 0 Å². The molecule has 4 nitrogen and oxygen atoms in total. The summed E-state index contributed by atoms with van der Waals surface area (Å²) in [7, 11) is 0. The Morgan fingerprint density at radius 1 is 1.36 bits per heavy atom. The molecule has 2 aliphatic rings. The predicted octanol–water partition coefficient (Wildman–Crippen LogP) is 2.77. The van der Waals surface area contributed by atoms with Crippen molar-refractivity contribution in [1.29, 1.82) is 0 Å². The number of carbonyl (C=O) groups is 1. The van der Waals surface area contributed by atoms with Crippen LogP contribution in [0.2, 0.25) is 0 Å². The number of halogens is 1. The van der Waals surface area contributed by atoms with E-state index in [-0.39, 0.29) is 18.0 Å². The Morgan fingerprint density at radius 3 is 2.95 bits per heavy atom. The minimum Gasteiger partial charge on any atom is -0.334 e. The van der Waals surface area contributed by atoms with E-state index < -0.39 is 6.67 Å². The lowest BCUT2D eigenvalue weighted by atomic mass is 9.88. The van der Waals surface area contributed by atoms with Crippen LogP contribution in [0, 0.1) is 6.92 Å². The number of carbonyl (C=O) groups excluding carboxylic acids is 1. The number of hydrogen-bond acceptors (Lipinski definition) is 4. The Morgan fingerprint density at radius 2 is 2.23 bits per heavy atom. The second-order valence-electron chi connectivity index (χ2n) is 6.43. The largest absolute Gasteiger partial charge is 0.334 e. The van der Waals surface area contributed by atoms with Crippen LogP contribution in [0.1, 0.15) is 42.0 Å². The fourth-order valence-corrected chi connectivity index (χ4v) is 4.77. The first-order chi connectivity index (χ1) is 10.6. The molecule has 0 saturated carbocycles. The van der Waals surface area contributed by atoms with Gasteiger partial charge in [0, 0.05) is 42.7 Å². The van der Waals surface area contributed by atoms with E-state index in [1.807, 2.05) is 18.0 Å². The smallest absolute Gasteiger partial charge is 0.223 e. The summed E-state index contributed by atoms with van der Waals surface area (Å²) in [6, 6.07) is 0. The van der Waals surface area contributed by atoms with Crippen LogP contribution in [0.25, 0.3) is 0 Å². The van der Waals surface area contributed by atoms with Gasteiger partial charge in [-0.1, -0.05) is 0 Å². The minimum atomic E-state index is -0.433. The summed E-state index contributed by atoms with van der Waals surface area (Å²) in [6.07, 6.45) is 6.52. The van der Waals surface area contributed by atoms with Gasteiger partial charge >= 0.3 is 0 Å². The molecule has 0 radical (unpaired) electrons. The topological polar surface area (TPSA) is 36.4 Å². The molecule has 0 bridgehead atoms. The Balaban J connectivity index is 1.65. The number of aryl methyl sites for hydroxylation is 1. The first kappa shape index (κ1) is 15.9. The van der Waals surface area contributed by atoms with Crippen molar-refractivity contribution >= 4 is 17.2 Å². The molecule has 3 heterocycles. The number of amides is 1. The zero-order valence-corrected chi connectivity index (χ0v) is 14.0. The van der Waals surface area contributed by atoms with Crippen molar-refractivity contribution in [3.05, 3.63) is 16.1 Å². The van der Waals surface area contributed by atoms with E-state index in [9.17, 15) is 9.18 Å². The van der Waals surface area contributed by atoms with Crippen molar-refractivity contribution < 1.29 is 9.18 Å². The quantitative estimate of drug-likeness (QED) is 0.854. The molecule has 3 rings (SSSR count). The summed E-state index contributed by atoms with van der Waals surface area (Å²) < 4.78 is 12.8. The second-order valence-corrected chi connectivity index (χ2v) is 7.75. The van der Waals surface area contributed by atoms with E-state index in [4.69, 9.17) is 0 Å². The Labute approximate surface area is 135 Å². The molecule has 1 atom stereocenters. The van der Waals surface area contributed by atoms with Gasteiger partial charge < -0.3 is 4.90 Å². The van der Waals surface area contributed by atoms with Gasteiger partial charge in [-0.25, -0.2) is 9.37 Å². The van der Waals surface area contributed by atoms with E-state index in [0.29, 0.717) is 6.42 Å². The summed E-state index contributed by atoms with van der Waals surface area (Å²) in [4.78, 5) is 22.0. The number of aromatic nitrogens is 1. The highest BCUT2D eigenvalue weighted by Gasteiger charge is 2.45. The molecule has 1 spiro atoms. The first-order valence-electron chi connectivity index (χ1n) is 8.13. The number of likely N-dealkylation sites (tertiary alicyclic amines) is 2. The first-order valence-corrected chi connectivity index (χ1v) is 8.95. The van der Waals surface area contributed by atoms with Gasteiger partial charge in [0.05, 0.1) is 5.01 Å². The Hall–Kier alpha value is -1.01. The Bertz CT molecular complexity index is 535. The average molecular weight is 325 g/mol. The van der Waals surface area contributed by atoms with Crippen molar-refractivity contribution in [2.45, 2.75) is 51.1 Å². The highest BCUT2D eigenvalue weighted by atomic mass is 32.1. The zero-order chi connectivity index (χ0) is 15.6. The molecule has 0 N–H and O–H groups in total. The molecule has 122 valence electrons. The van der Waals surface area contributed by atoms with Gasteiger partial charge in [0.2, 0.25) is 5.91 Å². The SMILES string of the molecule is Cc1ncc(CN2CCC[C@@]3(CCC(=O)N3CCF)CC2)s1. The van der Waals surface area contributed by atoms with Crippen LogP contribution >= 0.6 is 11.3 Å². The fraction of sp³-hybridized carbons (Fsp3) is 0.750. The highest BCUT2D eigenvalue weighted by molar-refractivity contribution is 7.11. The van der Waals surface area contributed by atoms with Crippen LogP contribution in [0.15, 0.2) is 6.20 Å². The number of alkyl halides is 1. The monoisotopic (exact) mass is 325 g/mol. The van der Waals surface area contributed by atoms with Gasteiger partial charge in [0.25, 0.3) is 0 Å². The summed E-state index contributed by atoms with van der Waals surface area (Å²) in [5.41, 5.74) is -0.0818. The minimum absolute atomic E-state index is 0.0818. The molecule has 2 fully saturated rings. The van der Waals surface area contributed by atoms with Gasteiger partial charge in [0.1, 0.15) is 6.67 Å². The van der Waals surface area contributed by atoms with E-state index in [2.05, 4.69) is 9.88 Å². The number of thiazole rings is 1. The third-order valence-corrected chi connectivity index (χ3v) is 5.94. The van der Waals surface area contributed by atoms with Gasteiger partial charge in [-0.3, -0.25) is 9.69 Å². The lowest BCUT2D eigenvalue weighted by Crippen LogP contribution is -2.47. The van der Waals surface area contributed by atoms with Crippen LogP contribution in [0.4, 0.5) is 4.39 Å². The lowest BCUT2D eigenvalue weighted by Gasteiger charge is -2.37. The van der Waals surface area contributed by atoms with Crippen molar-refractivity contribution in [2.75, 3.05) is 26.3 Å². The standard InChI is InChI=1S/C16H24FN3OS/c1-13-18-11-14(22-13)12-19-8-2-4-16(6-9-19)5-3-15(21)20(16)10-7-17/h11H,2-10,12H2,1H3/t16-/m1/s1. The average Bonchev–Trinajstić information content (AvgIpc) is 2.95. The number of hydrogen-bond donors (Lipinski definition) is 0. The molecular formula is C16H24FN3OS. The molecule has 22 heavy (non-hydrogen) atoms. The zero-order valence-electron chi connectivity index (χ0n) is 13.2. The van der Waals surface area contributed by atoms with E-state index in [0.717, 1.165) is 50.3 Å². The summed E-state index contributed by atoms with van der Waals surface area (Å²) in [5, 5.41) is 1.11. The summed E-state index contributed by atoms with van der Waals surface area (Å²) in [6.45, 7) is 4.84. The molecule has 6 heteroatoms. The van der Waals surface area contributed by atoms with Crippen LogP contribution in [0.5, 0.6) is 0 Å². The molecule has 1 aromatic rings. The number of nitrogens with zero attached hydrogens (tertiary/aromatic N) is 3. The van der Waals surface area contributed by atoms with Gasteiger partial charge in [-0.2, -0.15) is 0 Å². The second kappa shape index (κ2) is 6.62. The van der Waals surface area contributed by atoms with E-state index in [1.54, 1.807) is 11.3 Å². The molecule has 1 aromatic heterocycles. The maximum atomic E-state index is 12.8. The van der Waals surface area contributed by atoms with Crippen LogP contribution in [-0.4, -0.2) is 52.5 Å². The van der Waals surface area contributed by atoms with E-state index in [1.165, 1.54) is 4.88 Å².